The van der Waals surface area contributed by atoms with E-state index in [9.17, 15) is 0 Å². The Balaban J connectivity index is 4.61. The topological polar surface area (TPSA) is 3.24 Å². The molecule has 1 atom stereocenters. The smallest absolute Gasteiger partial charge is 0.0838 e. The molecule has 0 heterocycles. The summed E-state index contributed by atoms with van der Waals surface area (Å²) in [5.41, 5.74) is 0.240. The van der Waals surface area contributed by atoms with Crippen LogP contribution in [0.1, 0.15) is 92.4 Å². The summed E-state index contributed by atoms with van der Waals surface area (Å²) in [6.07, 6.45) is 11.9. The van der Waals surface area contributed by atoms with Crippen molar-refractivity contribution in [2.24, 2.45) is 5.41 Å². The maximum absolute atomic E-state index is 5.86. The monoisotopic (exact) mass is 299 g/mol. The second-order valence-electron chi connectivity index (χ2n) is 6.31. The molecule has 0 saturated heterocycles. The van der Waals surface area contributed by atoms with Crippen LogP contribution >= 0.6 is 12.2 Å². The van der Waals surface area contributed by atoms with E-state index < -0.39 is 0 Å². The Labute approximate surface area is 133 Å². The molecule has 0 aliphatic heterocycles. The van der Waals surface area contributed by atoms with E-state index in [1.165, 1.54) is 62.8 Å². The fourth-order valence-corrected chi connectivity index (χ4v) is 3.40. The van der Waals surface area contributed by atoms with Crippen LogP contribution in [0.5, 0.6) is 0 Å². The van der Waals surface area contributed by atoms with Gasteiger partial charge < -0.3 is 4.90 Å². The molecule has 0 aliphatic carbocycles. The summed E-state index contributed by atoms with van der Waals surface area (Å²) < 4.78 is 0. The average molecular weight is 300 g/mol. The minimum absolute atomic E-state index is 0.240. The maximum Gasteiger partial charge on any atom is 0.0838 e. The summed E-state index contributed by atoms with van der Waals surface area (Å²) in [6, 6.07) is 0. The van der Waals surface area contributed by atoms with Gasteiger partial charge in [-0.1, -0.05) is 77.9 Å². The van der Waals surface area contributed by atoms with Crippen molar-refractivity contribution in [1.29, 1.82) is 0 Å². The third kappa shape index (κ3) is 7.06. The van der Waals surface area contributed by atoms with Gasteiger partial charge in [-0.2, -0.15) is 0 Å². The third-order valence-corrected chi connectivity index (χ3v) is 5.23. The lowest BCUT2D eigenvalue weighted by Gasteiger charge is -2.37. The van der Waals surface area contributed by atoms with Crippen molar-refractivity contribution in [3.8, 4) is 0 Å². The second-order valence-corrected chi connectivity index (χ2v) is 6.69. The van der Waals surface area contributed by atoms with Crippen LogP contribution in [-0.2, 0) is 0 Å². The molecule has 0 aromatic rings. The summed E-state index contributed by atoms with van der Waals surface area (Å²) in [6.45, 7) is 13.5. The van der Waals surface area contributed by atoms with Crippen LogP contribution in [0, 0.1) is 5.41 Å². The zero-order valence-corrected chi connectivity index (χ0v) is 15.5. The van der Waals surface area contributed by atoms with E-state index in [1.54, 1.807) is 0 Å². The van der Waals surface area contributed by atoms with E-state index in [1.807, 2.05) is 0 Å². The first-order valence-electron chi connectivity index (χ1n) is 8.85. The highest BCUT2D eigenvalue weighted by Crippen LogP contribution is 2.34. The molecule has 0 aromatic carbocycles. The van der Waals surface area contributed by atoms with Gasteiger partial charge in [0.15, 0.2) is 0 Å². The van der Waals surface area contributed by atoms with Gasteiger partial charge in [-0.15, -0.1) is 0 Å². The molecular weight excluding hydrogens is 262 g/mol. The van der Waals surface area contributed by atoms with Crippen molar-refractivity contribution in [2.75, 3.05) is 13.1 Å². The first kappa shape index (κ1) is 19.9. The molecule has 1 nitrogen and oxygen atoms in total. The van der Waals surface area contributed by atoms with Crippen molar-refractivity contribution in [1.82, 2.24) is 4.90 Å². The zero-order valence-electron chi connectivity index (χ0n) is 14.6. The average Bonchev–Trinajstić information content (AvgIpc) is 2.45. The van der Waals surface area contributed by atoms with Crippen LogP contribution < -0.4 is 0 Å². The lowest BCUT2D eigenvalue weighted by Crippen LogP contribution is -2.41. The Morgan fingerprint density at radius 1 is 0.800 bits per heavy atom. The number of hydrogen-bond donors (Lipinski definition) is 0. The van der Waals surface area contributed by atoms with Crippen LogP contribution in [-0.4, -0.2) is 23.0 Å². The summed E-state index contributed by atoms with van der Waals surface area (Å²) >= 11 is 5.86. The summed E-state index contributed by atoms with van der Waals surface area (Å²) in [7, 11) is 0. The molecule has 2 heteroatoms. The van der Waals surface area contributed by atoms with Crippen molar-refractivity contribution in [2.45, 2.75) is 92.4 Å². The Kier molecular flexibility index (Phi) is 11.5. The van der Waals surface area contributed by atoms with Gasteiger partial charge in [0.2, 0.25) is 0 Å². The molecule has 1 unspecified atom stereocenters. The lowest BCUT2D eigenvalue weighted by atomic mass is 9.79. The van der Waals surface area contributed by atoms with E-state index >= 15 is 0 Å². The second kappa shape index (κ2) is 11.5. The minimum Gasteiger partial charge on any atom is -0.366 e. The number of nitrogens with zero attached hydrogens (tertiary/aromatic N) is 1. The Hall–Kier alpha value is -0.110. The molecule has 0 saturated carbocycles. The molecule has 20 heavy (non-hydrogen) atoms. The van der Waals surface area contributed by atoms with Gasteiger partial charge in [-0.3, -0.25) is 0 Å². The predicted octanol–water partition coefficient (Wildman–Crippen LogP) is 6.21. The molecule has 0 aromatic heterocycles. The minimum atomic E-state index is 0.240. The van der Waals surface area contributed by atoms with Gasteiger partial charge >= 0.3 is 0 Å². The van der Waals surface area contributed by atoms with Gasteiger partial charge in [0.05, 0.1) is 4.99 Å². The van der Waals surface area contributed by atoms with E-state index in [2.05, 4.69) is 39.5 Å². The number of hydrogen-bond acceptors (Lipinski definition) is 1. The highest BCUT2D eigenvalue weighted by Gasteiger charge is 2.30. The molecule has 0 N–H and O–H groups in total. The van der Waals surface area contributed by atoms with Crippen molar-refractivity contribution in [3.05, 3.63) is 0 Å². The third-order valence-electron chi connectivity index (χ3n) is 4.48. The highest BCUT2D eigenvalue weighted by atomic mass is 32.1. The maximum atomic E-state index is 5.86. The van der Waals surface area contributed by atoms with Gasteiger partial charge in [0.25, 0.3) is 0 Å². The molecule has 0 amide bonds. The first-order valence-corrected chi connectivity index (χ1v) is 9.25. The Bertz CT molecular complexity index is 248. The fourth-order valence-electron chi connectivity index (χ4n) is 2.94. The van der Waals surface area contributed by atoms with Gasteiger partial charge in [-0.25, -0.2) is 0 Å². The summed E-state index contributed by atoms with van der Waals surface area (Å²) in [5, 5.41) is 0. The Morgan fingerprint density at radius 2 is 1.25 bits per heavy atom. The van der Waals surface area contributed by atoms with E-state index in [0.717, 1.165) is 13.1 Å². The SMILES string of the molecule is CCCCCCC(C)(CCCCC)C(=S)N(CC)CC. The van der Waals surface area contributed by atoms with Crippen LogP contribution in [0.2, 0.25) is 0 Å². The molecule has 120 valence electrons. The summed E-state index contributed by atoms with van der Waals surface area (Å²) in [4.78, 5) is 3.61. The number of unbranched alkanes of at least 4 members (excludes halogenated alkanes) is 5. The predicted molar refractivity (Wildman–Crippen MR) is 96.5 cm³/mol. The lowest BCUT2D eigenvalue weighted by molar-refractivity contribution is 0.315. The summed E-state index contributed by atoms with van der Waals surface area (Å²) in [5.74, 6) is 0. The quantitative estimate of drug-likeness (QED) is 0.311. The van der Waals surface area contributed by atoms with E-state index in [0.29, 0.717) is 0 Å². The molecule has 0 radical (unpaired) electrons. The van der Waals surface area contributed by atoms with Gasteiger partial charge in [0, 0.05) is 18.5 Å². The number of rotatable bonds is 12. The normalized spacial score (nSPS) is 14.1. The first-order chi connectivity index (χ1) is 9.55. The zero-order chi connectivity index (χ0) is 15.4. The largest absolute Gasteiger partial charge is 0.366 e. The standard InChI is InChI=1S/C18H37NS/c1-6-10-12-14-16-18(5,15-13-11-7-2)17(20)19(8-3)9-4/h6-16H2,1-5H3. The van der Waals surface area contributed by atoms with Crippen LogP contribution in [0.4, 0.5) is 0 Å². The molecule has 0 spiro atoms. The van der Waals surface area contributed by atoms with Gasteiger partial charge in [-0.05, 0) is 26.7 Å². The van der Waals surface area contributed by atoms with Crippen molar-refractivity contribution >= 4 is 17.2 Å². The highest BCUT2D eigenvalue weighted by molar-refractivity contribution is 7.80. The molecule has 0 aliphatic rings. The van der Waals surface area contributed by atoms with E-state index in [-0.39, 0.29) is 5.41 Å². The molecule has 0 bridgehead atoms. The van der Waals surface area contributed by atoms with Crippen LogP contribution in [0.25, 0.3) is 0 Å². The molecule has 0 fully saturated rings. The Morgan fingerprint density at radius 3 is 1.70 bits per heavy atom. The van der Waals surface area contributed by atoms with Crippen molar-refractivity contribution in [3.63, 3.8) is 0 Å². The fraction of sp³-hybridized carbons (Fsp3) is 0.944. The van der Waals surface area contributed by atoms with Gasteiger partial charge in [0.1, 0.15) is 0 Å². The van der Waals surface area contributed by atoms with E-state index in [4.69, 9.17) is 12.2 Å². The van der Waals surface area contributed by atoms with Crippen LogP contribution in [0.15, 0.2) is 0 Å². The van der Waals surface area contributed by atoms with Crippen molar-refractivity contribution < 1.29 is 0 Å². The molecular formula is C18H37NS. The van der Waals surface area contributed by atoms with Crippen LogP contribution in [0.3, 0.4) is 0 Å². The molecule has 0 rings (SSSR count). The number of thiocarbonyl (C=S) groups is 1.